The molecule has 132 valence electrons. The Balaban J connectivity index is 1.56. The summed E-state index contributed by atoms with van der Waals surface area (Å²) >= 11 is 6.23. The molecule has 2 rings (SSSR count). The summed E-state index contributed by atoms with van der Waals surface area (Å²) in [5.74, 6) is 0.564. The second-order valence-corrected chi connectivity index (χ2v) is 7.56. The number of benzene rings is 1. The van der Waals surface area contributed by atoms with E-state index in [1.54, 1.807) is 0 Å². The van der Waals surface area contributed by atoms with Crippen LogP contribution in [0.1, 0.15) is 45.1 Å². The standard InChI is InChI=1S/C19H27ClN2O2/c1-19(2,3)24-18(23)22-11-7-6-10-21-15-12-14(13-15)16-8-4-5-9-17(16)20/h4-9,14-15,21H,10-13H2,1-3H3,(H,22,23)/b7-6+. The molecule has 0 heterocycles. The maximum Gasteiger partial charge on any atom is 0.407 e. The fourth-order valence-corrected chi connectivity index (χ4v) is 2.99. The smallest absolute Gasteiger partial charge is 0.407 e. The second-order valence-electron chi connectivity index (χ2n) is 7.15. The van der Waals surface area contributed by atoms with Crippen LogP contribution < -0.4 is 10.6 Å². The first kappa shape index (κ1) is 18.8. The van der Waals surface area contributed by atoms with Gasteiger partial charge in [0.1, 0.15) is 5.60 Å². The van der Waals surface area contributed by atoms with E-state index in [-0.39, 0.29) is 6.09 Å². The van der Waals surface area contributed by atoms with Crippen molar-refractivity contribution in [1.29, 1.82) is 0 Å². The highest BCUT2D eigenvalue weighted by Gasteiger charge is 2.30. The zero-order valence-corrected chi connectivity index (χ0v) is 15.4. The molecule has 5 heteroatoms. The normalized spacial score (nSPS) is 20.7. The van der Waals surface area contributed by atoms with Crippen molar-refractivity contribution < 1.29 is 9.53 Å². The van der Waals surface area contributed by atoms with Gasteiger partial charge in [-0.25, -0.2) is 4.79 Å². The van der Waals surface area contributed by atoms with Gasteiger partial charge in [-0.1, -0.05) is 42.0 Å². The number of carbonyl (C=O) groups is 1. The van der Waals surface area contributed by atoms with Crippen molar-refractivity contribution in [3.05, 3.63) is 47.0 Å². The Morgan fingerprint density at radius 3 is 2.58 bits per heavy atom. The van der Waals surface area contributed by atoms with Crippen LogP contribution in [0.2, 0.25) is 5.02 Å². The number of halogens is 1. The summed E-state index contributed by atoms with van der Waals surface area (Å²) in [6.07, 6.45) is 5.81. The van der Waals surface area contributed by atoms with Gasteiger partial charge in [-0.3, -0.25) is 0 Å². The van der Waals surface area contributed by atoms with Crippen molar-refractivity contribution in [2.24, 2.45) is 0 Å². The van der Waals surface area contributed by atoms with Crippen molar-refractivity contribution in [2.45, 2.75) is 51.2 Å². The molecular weight excluding hydrogens is 324 g/mol. The molecule has 0 unspecified atom stereocenters. The third kappa shape index (κ3) is 6.17. The molecule has 1 aliphatic rings. The maximum atomic E-state index is 11.5. The number of rotatable bonds is 6. The molecule has 0 bridgehead atoms. The van der Waals surface area contributed by atoms with E-state index < -0.39 is 5.60 Å². The van der Waals surface area contributed by atoms with Gasteiger partial charge in [0.05, 0.1) is 0 Å². The number of amides is 1. The molecule has 1 amide bonds. The van der Waals surface area contributed by atoms with Crippen LogP contribution in [0.15, 0.2) is 36.4 Å². The molecule has 1 aliphatic carbocycles. The first-order valence-electron chi connectivity index (χ1n) is 8.45. The largest absolute Gasteiger partial charge is 0.444 e. The lowest BCUT2D eigenvalue weighted by Gasteiger charge is -2.36. The van der Waals surface area contributed by atoms with E-state index in [9.17, 15) is 4.79 Å². The minimum Gasteiger partial charge on any atom is -0.444 e. The minimum absolute atomic E-state index is 0.387. The number of hydrogen-bond acceptors (Lipinski definition) is 3. The fraction of sp³-hybridized carbons (Fsp3) is 0.526. The van der Waals surface area contributed by atoms with Gasteiger partial charge in [-0.05, 0) is 51.2 Å². The summed E-state index contributed by atoms with van der Waals surface area (Å²) in [5.41, 5.74) is 0.798. The summed E-state index contributed by atoms with van der Waals surface area (Å²) in [5, 5.41) is 7.06. The van der Waals surface area contributed by atoms with Gasteiger partial charge >= 0.3 is 6.09 Å². The SMILES string of the molecule is CC(C)(C)OC(=O)NC/C=C/CNC1CC(c2ccccc2Cl)C1. The minimum atomic E-state index is -0.461. The third-order valence-electron chi connectivity index (χ3n) is 3.94. The van der Waals surface area contributed by atoms with Crippen molar-refractivity contribution in [1.82, 2.24) is 10.6 Å². The highest BCUT2D eigenvalue weighted by Crippen LogP contribution is 2.39. The van der Waals surface area contributed by atoms with Crippen molar-refractivity contribution in [3.8, 4) is 0 Å². The molecule has 2 N–H and O–H groups in total. The summed E-state index contributed by atoms with van der Waals surface area (Å²) < 4.78 is 5.16. The van der Waals surface area contributed by atoms with Gasteiger partial charge < -0.3 is 15.4 Å². The van der Waals surface area contributed by atoms with Gasteiger partial charge in [0.25, 0.3) is 0 Å². The third-order valence-corrected chi connectivity index (χ3v) is 4.28. The zero-order valence-electron chi connectivity index (χ0n) is 14.6. The van der Waals surface area contributed by atoms with Gasteiger partial charge in [0.2, 0.25) is 0 Å². The molecule has 0 aromatic heterocycles. The maximum absolute atomic E-state index is 11.5. The molecule has 0 radical (unpaired) electrons. The Bertz CT molecular complexity index is 575. The Hall–Kier alpha value is -1.52. The Labute approximate surface area is 149 Å². The lowest BCUT2D eigenvalue weighted by atomic mass is 9.76. The Kier molecular flexibility index (Phi) is 6.69. The average molecular weight is 351 g/mol. The summed E-state index contributed by atoms with van der Waals surface area (Å²) in [7, 11) is 0. The van der Waals surface area contributed by atoms with E-state index in [0.717, 1.165) is 24.4 Å². The topological polar surface area (TPSA) is 50.4 Å². The highest BCUT2D eigenvalue weighted by atomic mass is 35.5. The van der Waals surface area contributed by atoms with E-state index in [4.69, 9.17) is 16.3 Å². The predicted octanol–water partition coefficient (Wildman–Crippen LogP) is 4.26. The van der Waals surface area contributed by atoms with Gasteiger partial charge in [0, 0.05) is 24.2 Å². The molecule has 0 atom stereocenters. The lowest BCUT2D eigenvalue weighted by Crippen LogP contribution is -2.40. The molecule has 1 fully saturated rings. The summed E-state index contributed by atoms with van der Waals surface area (Å²) in [4.78, 5) is 11.5. The van der Waals surface area contributed by atoms with Crippen LogP contribution in [0, 0.1) is 0 Å². The van der Waals surface area contributed by atoms with Crippen molar-refractivity contribution >= 4 is 17.7 Å². The van der Waals surface area contributed by atoms with Crippen LogP contribution in [-0.4, -0.2) is 30.8 Å². The summed E-state index contributed by atoms with van der Waals surface area (Å²) in [6.45, 7) is 6.82. The number of hydrogen-bond donors (Lipinski definition) is 2. The van der Waals surface area contributed by atoms with E-state index in [2.05, 4.69) is 16.7 Å². The summed E-state index contributed by atoms with van der Waals surface area (Å²) in [6, 6.07) is 8.62. The molecule has 1 aromatic rings. The first-order chi connectivity index (χ1) is 11.3. The van der Waals surface area contributed by atoms with Crippen LogP contribution >= 0.6 is 11.6 Å². The molecular formula is C19H27ClN2O2. The van der Waals surface area contributed by atoms with Crippen LogP contribution in [0.3, 0.4) is 0 Å². The molecule has 0 spiro atoms. The average Bonchev–Trinajstić information content (AvgIpc) is 2.44. The number of carbonyl (C=O) groups excluding carboxylic acids is 1. The van der Waals surface area contributed by atoms with Crippen molar-refractivity contribution in [3.63, 3.8) is 0 Å². The van der Waals surface area contributed by atoms with Crippen LogP contribution in [0.5, 0.6) is 0 Å². The Morgan fingerprint density at radius 1 is 1.25 bits per heavy atom. The molecule has 0 aliphatic heterocycles. The highest BCUT2D eigenvalue weighted by molar-refractivity contribution is 6.31. The van der Waals surface area contributed by atoms with E-state index in [1.807, 2.05) is 51.1 Å². The Morgan fingerprint density at radius 2 is 1.92 bits per heavy atom. The fourth-order valence-electron chi connectivity index (χ4n) is 2.70. The van der Waals surface area contributed by atoms with Crippen LogP contribution in [0.4, 0.5) is 4.79 Å². The van der Waals surface area contributed by atoms with Crippen LogP contribution in [-0.2, 0) is 4.74 Å². The van der Waals surface area contributed by atoms with E-state index in [0.29, 0.717) is 18.5 Å². The van der Waals surface area contributed by atoms with Gasteiger partial charge in [0.15, 0.2) is 0 Å². The number of ether oxygens (including phenoxy) is 1. The molecule has 0 saturated heterocycles. The molecule has 4 nitrogen and oxygen atoms in total. The second kappa shape index (κ2) is 8.54. The molecule has 1 aromatic carbocycles. The number of alkyl carbamates (subject to hydrolysis) is 1. The molecule has 1 saturated carbocycles. The lowest BCUT2D eigenvalue weighted by molar-refractivity contribution is 0.0534. The van der Waals surface area contributed by atoms with Gasteiger partial charge in [-0.2, -0.15) is 0 Å². The van der Waals surface area contributed by atoms with Crippen molar-refractivity contribution in [2.75, 3.05) is 13.1 Å². The van der Waals surface area contributed by atoms with Crippen LogP contribution in [0.25, 0.3) is 0 Å². The monoisotopic (exact) mass is 350 g/mol. The first-order valence-corrected chi connectivity index (χ1v) is 8.82. The van der Waals surface area contributed by atoms with E-state index in [1.165, 1.54) is 5.56 Å². The quantitative estimate of drug-likeness (QED) is 0.754. The van der Waals surface area contributed by atoms with E-state index >= 15 is 0 Å². The van der Waals surface area contributed by atoms with Gasteiger partial charge in [-0.15, -0.1) is 0 Å². The number of nitrogens with one attached hydrogen (secondary N) is 2. The predicted molar refractivity (Wildman–Crippen MR) is 98.6 cm³/mol. The zero-order chi connectivity index (χ0) is 17.6. The molecule has 24 heavy (non-hydrogen) atoms.